The first-order valence-electron chi connectivity index (χ1n) is 6.13. The van der Waals surface area contributed by atoms with E-state index >= 15 is 0 Å². The van der Waals surface area contributed by atoms with Crippen LogP contribution in [-0.2, 0) is 10.0 Å². The predicted molar refractivity (Wildman–Crippen MR) is 77.8 cm³/mol. The lowest BCUT2D eigenvalue weighted by molar-refractivity contribution is 0.600. The maximum atomic E-state index is 13.1. The van der Waals surface area contributed by atoms with Crippen molar-refractivity contribution in [1.29, 1.82) is 5.26 Å². The molecule has 0 saturated heterocycles. The molecule has 6 heteroatoms. The van der Waals surface area contributed by atoms with E-state index in [0.29, 0.717) is 5.56 Å². The van der Waals surface area contributed by atoms with E-state index in [0.717, 1.165) is 17.7 Å². The third-order valence-corrected chi connectivity index (χ3v) is 4.49. The van der Waals surface area contributed by atoms with Crippen LogP contribution in [0.1, 0.15) is 16.7 Å². The molecule has 0 unspecified atom stereocenters. The second-order valence-electron chi connectivity index (χ2n) is 4.68. The molecular formula is C15H13FN2O2S. The summed E-state index contributed by atoms with van der Waals surface area (Å²) in [7, 11) is -3.84. The van der Waals surface area contributed by atoms with Crippen molar-refractivity contribution in [2.75, 3.05) is 4.72 Å². The molecule has 0 fully saturated rings. The van der Waals surface area contributed by atoms with Gasteiger partial charge in [0.25, 0.3) is 10.0 Å². The molecule has 0 aliphatic carbocycles. The SMILES string of the molecule is Cc1ccc(C)c(S(=O)(=O)Nc2ccc(F)cc2C#N)c1. The molecule has 0 aromatic heterocycles. The van der Waals surface area contributed by atoms with Crippen LogP contribution in [0, 0.1) is 31.0 Å². The number of benzene rings is 2. The highest BCUT2D eigenvalue weighted by molar-refractivity contribution is 7.92. The minimum Gasteiger partial charge on any atom is -0.278 e. The van der Waals surface area contributed by atoms with Gasteiger partial charge in [-0.15, -0.1) is 0 Å². The monoisotopic (exact) mass is 304 g/mol. The Morgan fingerprint density at radius 1 is 1.14 bits per heavy atom. The van der Waals surface area contributed by atoms with Crippen molar-refractivity contribution in [3.05, 3.63) is 58.9 Å². The van der Waals surface area contributed by atoms with Gasteiger partial charge in [-0.3, -0.25) is 4.72 Å². The maximum Gasteiger partial charge on any atom is 0.262 e. The van der Waals surface area contributed by atoms with E-state index in [-0.39, 0.29) is 16.1 Å². The van der Waals surface area contributed by atoms with Crippen molar-refractivity contribution in [2.45, 2.75) is 18.7 Å². The van der Waals surface area contributed by atoms with Crippen LogP contribution in [0.2, 0.25) is 0 Å². The highest BCUT2D eigenvalue weighted by atomic mass is 32.2. The molecular weight excluding hydrogens is 291 g/mol. The lowest BCUT2D eigenvalue weighted by atomic mass is 10.2. The average Bonchev–Trinajstić information content (AvgIpc) is 2.43. The molecule has 2 rings (SSSR count). The Balaban J connectivity index is 2.48. The summed E-state index contributed by atoms with van der Waals surface area (Å²) in [5.41, 5.74) is 1.39. The van der Waals surface area contributed by atoms with Gasteiger partial charge < -0.3 is 0 Å². The van der Waals surface area contributed by atoms with Crippen LogP contribution >= 0.6 is 0 Å². The van der Waals surface area contributed by atoms with Gasteiger partial charge in [-0.25, -0.2) is 12.8 Å². The fourth-order valence-corrected chi connectivity index (χ4v) is 3.30. The average molecular weight is 304 g/mol. The number of halogens is 1. The largest absolute Gasteiger partial charge is 0.278 e. The van der Waals surface area contributed by atoms with Gasteiger partial charge in [-0.2, -0.15) is 5.26 Å². The van der Waals surface area contributed by atoms with Gasteiger partial charge in [-0.05, 0) is 49.2 Å². The summed E-state index contributed by atoms with van der Waals surface area (Å²) in [6, 6.07) is 10.2. The first-order valence-corrected chi connectivity index (χ1v) is 7.61. The molecule has 108 valence electrons. The maximum absolute atomic E-state index is 13.1. The van der Waals surface area contributed by atoms with E-state index in [2.05, 4.69) is 4.72 Å². The summed E-state index contributed by atoms with van der Waals surface area (Å²) in [4.78, 5) is 0.135. The van der Waals surface area contributed by atoms with Crippen molar-refractivity contribution < 1.29 is 12.8 Å². The van der Waals surface area contributed by atoms with E-state index in [9.17, 15) is 12.8 Å². The van der Waals surface area contributed by atoms with Gasteiger partial charge in [0, 0.05) is 0 Å². The van der Waals surface area contributed by atoms with Gasteiger partial charge in [0.05, 0.1) is 16.1 Å². The molecule has 1 N–H and O–H groups in total. The summed E-state index contributed by atoms with van der Waals surface area (Å²) >= 11 is 0. The number of hydrogen-bond acceptors (Lipinski definition) is 3. The zero-order valence-electron chi connectivity index (χ0n) is 11.5. The molecule has 0 aliphatic rings. The van der Waals surface area contributed by atoms with E-state index < -0.39 is 15.8 Å². The zero-order chi connectivity index (χ0) is 15.6. The third-order valence-electron chi connectivity index (χ3n) is 2.98. The van der Waals surface area contributed by atoms with Crippen LogP contribution in [-0.4, -0.2) is 8.42 Å². The van der Waals surface area contributed by atoms with Gasteiger partial charge in [0.2, 0.25) is 0 Å². The number of aryl methyl sites for hydroxylation is 2. The summed E-state index contributed by atoms with van der Waals surface area (Å²) in [6.07, 6.45) is 0. The number of anilines is 1. The fraction of sp³-hybridized carbons (Fsp3) is 0.133. The number of nitrogens with zero attached hydrogens (tertiary/aromatic N) is 1. The van der Waals surface area contributed by atoms with Gasteiger partial charge in [0.1, 0.15) is 11.9 Å². The Kier molecular flexibility index (Phi) is 3.96. The van der Waals surface area contributed by atoms with Crippen molar-refractivity contribution in [1.82, 2.24) is 0 Å². The molecule has 2 aromatic carbocycles. The first kappa shape index (κ1) is 15.0. The standard InChI is InChI=1S/C15H13FN2O2S/c1-10-3-4-11(2)15(7-10)21(19,20)18-14-6-5-13(16)8-12(14)9-17/h3-8,18H,1-2H3. The molecule has 0 amide bonds. The number of nitrogens with one attached hydrogen (secondary N) is 1. The Hall–Kier alpha value is -2.39. The van der Waals surface area contributed by atoms with E-state index in [1.54, 1.807) is 32.0 Å². The van der Waals surface area contributed by atoms with Gasteiger partial charge >= 0.3 is 0 Å². The van der Waals surface area contributed by atoms with Crippen LogP contribution in [0.4, 0.5) is 10.1 Å². The second-order valence-corrected chi connectivity index (χ2v) is 6.33. The summed E-state index contributed by atoms with van der Waals surface area (Å²) in [6.45, 7) is 3.47. The smallest absolute Gasteiger partial charge is 0.262 e. The third kappa shape index (κ3) is 3.20. The Labute approximate surface area is 122 Å². The molecule has 0 atom stereocenters. The topological polar surface area (TPSA) is 70.0 Å². The van der Waals surface area contributed by atoms with Crippen LogP contribution < -0.4 is 4.72 Å². The number of sulfonamides is 1. The molecule has 0 bridgehead atoms. The molecule has 0 saturated carbocycles. The zero-order valence-corrected chi connectivity index (χ0v) is 12.3. The number of nitriles is 1. The summed E-state index contributed by atoms with van der Waals surface area (Å²) in [5.74, 6) is -0.596. The van der Waals surface area contributed by atoms with Crippen molar-refractivity contribution in [2.24, 2.45) is 0 Å². The quantitative estimate of drug-likeness (QED) is 0.947. The van der Waals surface area contributed by atoms with Crippen LogP contribution in [0.25, 0.3) is 0 Å². The summed E-state index contributed by atoms with van der Waals surface area (Å²) < 4.78 is 40.2. The molecule has 0 heterocycles. The molecule has 0 aliphatic heterocycles. The Morgan fingerprint density at radius 3 is 2.52 bits per heavy atom. The molecule has 4 nitrogen and oxygen atoms in total. The van der Waals surface area contributed by atoms with Crippen LogP contribution in [0.5, 0.6) is 0 Å². The highest BCUT2D eigenvalue weighted by Gasteiger charge is 2.18. The molecule has 0 spiro atoms. The lowest BCUT2D eigenvalue weighted by Gasteiger charge is -2.12. The van der Waals surface area contributed by atoms with Gasteiger partial charge in [-0.1, -0.05) is 12.1 Å². The highest BCUT2D eigenvalue weighted by Crippen LogP contribution is 2.23. The lowest BCUT2D eigenvalue weighted by Crippen LogP contribution is -2.15. The van der Waals surface area contributed by atoms with Crippen LogP contribution in [0.3, 0.4) is 0 Å². The van der Waals surface area contributed by atoms with E-state index in [1.807, 2.05) is 6.07 Å². The normalized spacial score (nSPS) is 11.0. The Morgan fingerprint density at radius 2 is 1.86 bits per heavy atom. The minimum absolute atomic E-state index is 0.0554. The van der Waals surface area contributed by atoms with Crippen molar-refractivity contribution in [3.8, 4) is 6.07 Å². The second kappa shape index (κ2) is 5.54. The molecule has 2 aromatic rings. The number of hydrogen-bond donors (Lipinski definition) is 1. The van der Waals surface area contributed by atoms with Crippen molar-refractivity contribution in [3.63, 3.8) is 0 Å². The molecule has 0 radical (unpaired) electrons. The van der Waals surface area contributed by atoms with E-state index in [4.69, 9.17) is 5.26 Å². The van der Waals surface area contributed by atoms with Gasteiger partial charge in [0.15, 0.2) is 0 Å². The van der Waals surface area contributed by atoms with Crippen LogP contribution in [0.15, 0.2) is 41.3 Å². The van der Waals surface area contributed by atoms with Crippen molar-refractivity contribution >= 4 is 15.7 Å². The Bertz CT molecular complexity index is 839. The molecule has 21 heavy (non-hydrogen) atoms. The van der Waals surface area contributed by atoms with E-state index in [1.165, 1.54) is 6.07 Å². The minimum atomic E-state index is -3.84. The fourth-order valence-electron chi connectivity index (χ4n) is 1.89. The first-order chi connectivity index (χ1) is 9.83. The summed E-state index contributed by atoms with van der Waals surface area (Å²) in [5, 5.41) is 8.96. The predicted octanol–water partition coefficient (Wildman–Crippen LogP) is 3.12. The number of rotatable bonds is 3.